The van der Waals surface area contributed by atoms with E-state index in [0.29, 0.717) is 37.1 Å². The number of H-pyrrole nitrogens is 1. The van der Waals surface area contributed by atoms with E-state index in [0.717, 1.165) is 11.6 Å². The molecule has 3 aromatic rings. The average Bonchev–Trinajstić information content (AvgIpc) is 3.32. The first-order chi connectivity index (χ1) is 11.3. The van der Waals surface area contributed by atoms with Crippen LogP contribution in [-0.4, -0.2) is 34.7 Å². The summed E-state index contributed by atoms with van der Waals surface area (Å²) >= 11 is 0. The minimum Gasteiger partial charge on any atom is -0.467 e. The standard InChI is InChI=1S/C15H18N6O2.HI/c1-16-15(18-10-11-4-2-8-22-11)17-7-6-13-19-14(21-20-13)12-5-3-9-23-12;/h2-5,8-9H,6-7,10H2,1H3,(H2,16,17,18)(H,19,20,21);1H. The molecule has 0 aromatic carbocycles. The first-order valence-corrected chi connectivity index (χ1v) is 7.27. The molecule has 0 aliphatic heterocycles. The predicted octanol–water partition coefficient (Wildman–Crippen LogP) is 2.18. The van der Waals surface area contributed by atoms with Gasteiger partial charge < -0.3 is 19.5 Å². The molecule has 9 heteroatoms. The zero-order valence-electron chi connectivity index (χ0n) is 13.2. The van der Waals surface area contributed by atoms with Crippen LogP contribution in [0.1, 0.15) is 11.6 Å². The van der Waals surface area contributed by atoms with Gasteiger partial charge in [0, 0.05) is 20.0 Å². The second kappa shape index (κ2) is 9.11. The van der Waals surface area contributed by atoms with Crippen LogP contribution in [0.3, 0.4) is 0 Å². The summed E-state index contributed by atoms with van der Waals surface area (Å²) in [4.78, 5) is 8.54. The fourth-order valence-electron chi connectivity index (χ4n) is 2.03. The SMILES string of the molecule is CN=C(NCCc1nc(-c2ccco2)n[nH]1)NCc1ccco1.I. The molecule has 3 rings (SSSR count). The molecule has 3 N–H and O–H groups in total. The number of aromatic nitrogens is 3. The van der Waals surface area contributed by atoms with Crippen molar-refractivity contribution in [3.05, 3.63) is 48.4 Å². The second-order valence-corrected chi connectivity index (χ2v) is 4.76. The Labute approximate surface area is 156 Å². The number of nitrogens with one attached hydrogen (secondary N) is 3. The molecule has 3 aromatic heterocycles. The Kier molecular flexibility index (Phi) is 6.85. The van der Waals surface area contributed by atoms with Gasteiger partial charge in [0.1, 0.15) is 11.6 Å². The van der Waals surface area contributed by atoms with E-state index in [1.165, 1.54) is 0 Å². The van der Waals surface area contributed by atoms with Gasteiger partial charge in [-0.1, -0.05) is 0 Å². The van der Waals surface area contributed by atoms with E-state index in [1.54, 1.807) is 19.6 Å². The summed E-state index contributed by atoms with van der Waals surface area (Å²) < 4.78 is 10.5. The maximum absolute atomic E-state index is 5.26. The van der Waals surface area contributed by atoms with Gasteiger partial charge in [0.25, 0.3) is 0 Å². The molecule has 24 heavy (non-hydrogen) atoms. The number of hydrogen-bond acceptors (Lipinski definition) is 5. The van der Waals surface area contributed by atoms with Gasteiger partial charge in [0.15, 0.2) is 11.7 Å². The summed E-state index contributed by atoms with van der Waals surface area (Å²) in [5, 5.41) is 13.4. The van der Waals surface area contributed by atoms with Gasteiger partial charge in [0.2, 0.25) is 5.82 Å². The summed E-state index contributed by atoms with van der Waals surface area (Å²) in [6, 6.07) is 7.39. The highest BCUT2D eigenvalue weighted by Crippen LogP contribution is 2.14. The van der Waals surface area contributed by atoms with E-state index in [2.05, 4.69) is 30.8 Å². The number of furan rings is 2. The molecule has 0 atom stereocenters. The molecule has 0 aliphatic rings. The normalized spacial score (nSPS) is 11.1. The van der Waals surface area contributed by atoms with Crippen LogP contribution in [0.5, 0.6) is 0 Å². The maximum atomic E-state index is 5.26. The highest BCUT2D eigenvalue weighted by Gasteiger charge is 2.08. The predicted molar refractivity (Wildman–Crippen MR) is 100 cm³/mol. The number of rotatable bonds is 6. The van der Waals surface area contributed by atoms with Crippen LogP contribution in [-0.2, 0) is 13.0 Å². The van der Waals surface area contributed by atoms with Gasteiger partial charge in [-0.2, -0.15) is 5.10 Å². The summed E-state index contributed by atoms with van der Waals surface area (Å²) in [5.41, 5.74) is 0. The van der Waals surface area contributed by atoms with E-state index in [-0.39, 0.29) is 24.0 Å². The lowest BCUT2D eigenvalue weighted by Crippen LogP contribution is -2.37. The van der Waals surface area contributed by atoms with Crippen molar-refractivity contribution in [2.24, 2.45) is 4.99 Å². The largest absolute Gasteiger partial charge is 0.467 e. The molecule has 3 heterocycles. The monoisotopic (exact) mass is 442 g/mol. The van der Waals surface area contributed by atoms with Gasteiger partial charge in [-0.3, -0.25) is 10.1 Å². The summed E-state index contributed by atoms with van der Waals surface area (Å²) in [6.07, 6.45) is 3.94. The van der Waals surface area contributed by atoms with Gasteiger partial charge in [-0.15, -0.1) is 24.0 Å². The number of hydrogen-bond donors (Lipinski definition) is 3. The van der Waals surface area contributed by atoms with E-state index in [1.807, 2.05) is 24.3 Å². The van der Waals surface area contributed by atoms with Crippen molar-refractivity contribution >= 4 is 29.9 Å². The minimum absolute atomic E-state index is 0. The summed E-state index contributed by atoms with van der Waals surface area (Å²) in [6.45, 7) is 1.25. The summed E-state index contributed by atoms with van der Waals surface area (Å²) in [7, 11) is 1.72. The molecule has 128 valence electrons. The third kappa shape index (κ3) is 4.85. The Morgan fingerprint density at radius 1 is 1.21 bits per heavy atom. The minimum atomic E-state index is 0. The van der Waals surface area contributed by atoms with Crippen molar-refractivity contribution in [3.63, 3.8) is 0 Å². The average molecular weight is 442 g/mol. The lowest BCUT2D eigenvalue weighted by atomic mass is 10.4. The molecular formula is C15H19IN6O2. The number of aliphatic imine (C=N–C) groups is 1. The summed E-state index contributed by atoms with van der Waals surface area (Å²) in [5.74, 6) is 3.55. The fraction of sp³-hybridized carbons (Fsp3) is 0.267. The van der Waals surface area contributed by atoms with Crippen LogP contribution in [0.2, 0.25) is 0 Å². The third-order valence-corrected chi connectivity index (χ3v) is 3.16. The quantitative estimate of drug-likeness (QED) is 0.307. The van der Waals surface area contributed by atoms with Crippen molar-refractivity contribution in [2.45, 2.75) is 13.0 Å². The number of aromatic amines is 1. The Morgan fingerprint density at radius 2 is 2.04 bits per heavy atom. The molecule has 0 bridgehead atoms. The van der Waals surface area contributed by atoms with Crippen molar-refractivity contribution in [1.82, 2.24) is 25.8 Å². The molecule has 0 spiro atoms. The van der Waals surface area contributed by atoms with Crippen molar-refractivity contribution in [3.8, 4) is 11.6 Å². The zero-order chi connectivity index (χ0) is 15.9. The molecule has 0 amide bonds. The van der Waals surface area contributed by atoms with E-state index >= 15 is 0 Å². The van der Waals surface area contributed by atoms with Gasteiger partial charge in [-0.05, 0) is 24.3 Å². The Bertz CT molecular complexity index is 736. The second-order valence-electron chi connectivity index (χ2n) is 4.76. The van der Waals surface area contributed by atoms with E-state index in [9.17, 15) is 0 Å². The van der Waals surface area contributed by atoms with Crippen molar-refractivity contribution < 1.29 is 8.83 Å². The van der Waals surface area contributed by atoms with Crippen LogP contribution in [0.25, 0.3) is 11.6 Å². The first kappa shape index (κ1) is 18.0. The fourth-order valence-corrected chi connectivity index (χ4v) is 2.03. The highest BCUT2D eigenvalue weighted by molar-refractivity contribution is 14.0. The first-order valence-electron chi connectivity index (χ1n) is 7.27. The van der Waals surface area contributed by atoms with Gasteiger partial charge >= 0.3 is 0 Å². The highest BCUT2D eigenvalue weighted by atomic mass is 127. The number of guanidine groups is 1. The lowest BCUT2D eigenvalue weighted by molar-refractivity contribution is 0.501. The third-order valence-electron chi connectivity index (χ3n) is 3.16. The Balaban J connectivity index is 0.00000208. The van der Waals surface area contributed by atoms with Crippen LogP contribution in [0.15, 0.2) is 50.6 Å². The molecule has 0 aliphatic carbocycles. The van der Waals surface area contributed by atoms with Crippen LogP contribution in [0.4, 0.5) is 0 Å². The van der Waals surface area contributed by atoms with Crippen LogP contribution < -0.4 is 10.6 Å². The smallest absolute Gasteiger partial charge is 0.216 e. The number of halogens is 1. The topological polar surface area (TPSA) is 104 Å². The van der Waals surface area contributed by atoms with Crippen molar-refractivity contribution in [1.29, 1.82) is 0 Å². The molecule has 0 unspecified atom stereocenters. The number of nitrogens with zero attached hydrogens (tertiary/aromatic N) is 3. The molecule has 0 saturated heterocycles. The van der Waals surface area contributed by atoms with E-state index < -0.39 is 0 Å². The van der Waals surface area contributed by atoms with Gasteiger partial charge in [0.05, 0.1) is 19.1 Å². The van der Waals surface area contributed by atoms with Crippen molar-refractivity contribution in [2.75, 3.05) is 13.6 Å². The van der Waals surface area contributed by atoms with E-state index in [4.69, 9.17) is 8.83 Å². The van der Waals surface area contributed by atoms with Crippen LogP contribution >= 0.6 is 24.0 Å². The molecule has 8 nitrogen and oxygen atoms in total. The molecule has 0 fully saturated rings. The Morgan fingerprint density at radius 3 is 2.75 bits per heavy atom. The van der Waals surface area contributed by atoms with Crippen LogP contribution in [0, 0.1) is 0 Å². The maximum Gasteiger partial charge on any atom is 0.216 e. The lowest BCUT2D eigenvalue weighted by Gasteiger charge is -2.09. The zero-order valence-corrected chi connectivity index (χ0v) is 15.5. The molecule has 0 saturated carbocycles. The molecular weight excluding hydrogens is 423 g/mol. The Hall–Kier alpha value is -2.30. The molecule has 0 radical (unpaired) electrons. The van der Waals surface area contributed by atoms with Gasteiger partial charge in [-0.25, -0.2) is 4.98 Å².